The molecule has 0 saturated carbocycles. The first-order valence-electron chi connectivity index (χ1n) is 7.35. The van der Waals surface area contributed by atoms with Gasteiger partial charge in [0.05, 0.1) is 5.56 Å². The Morgan fingerprint density at radius 3 is 2.71 bits per heavy atom. The van der Waals surface area contributed by atoms with Gasteiger partial charge in [0.1, 0.15) is 10.8 Å². The summed E-state index contributed by atoms with van der Waals surface area (Å²) in [6, 6.07) is 10.3. The summed E-state index contributed by atoms with van der Waals surface area (Å²) in [6.07, 6.45) is 2.28. The number of nitrogens with two attached hydrogens (primary N) is 1. The molecule has 21 heavy (non-hydrogen) atoms. The van der Waals surface area contributed by atoms with Crippen LogP contribution in [0, 0.1) is 5.92 Å². The second-order valence-electron chi connectivity index (χ2n) is 5.55. The lowest BCUT2D eigenvalue weighted by Crippen LogP contribution is -2.29. The Morgan fingerprint density at radius 2 is 2.00 bits per heavy atom. The van der Waals surface area contributed by atoms with Crippen molar-refractivity contribution in [2.45, 2.75) is 12.8 Å². The van der Waals surface area contributed by atoms with Gasteiger partial charge in [-0.15, -0.1) is 0 Å². The average molecular weight is 303 g/mol. The van der Waals surface area contributed by atoms with Gasteiger partial charge in [0, 0.05) is 26.8 Å². The Bertz CT molecular complexity index is 578. The maximum absolute atomic E-state index is 6.10. The largest absolute Gasteiger partial charge is 0.382 e. The van der Waals surface area contributed by atoms with Crippen LogP contribution in [0.25, 0.3) is 11.1 Å². The summed E-state index contributed by atoms with van der Waals surface area (Å²) >= 11 is 1.49. The fourth-order valence-corrected chi connectivity index (χ4v) is 3.63. The van der Waals surface area contributed by atoms with Crippen LogP contribution in [0.1, 0.15) is 12.8 Å². The van der Waals surface area contributed by atoms with Crippen LogP contribution in [0.2, 0.25) is 0 Å². The van der Waals surface area contributed by atoms with Gasteiger partial charge in [-0.05, 0) is 35.9 Å². The summed E-state index contributed by atoms with van der Waals surface area (Å²) in [7, 11) is 2.13. The highest BCUT2D eigenvalue weighted by Gasteiger charge is 2.21. The molecule has 1 aromatic heterocycles. The predicted octanol–water partition coefficient (Wildman–Crippen LogP) is 3.26. The standard InChI is InChI=1S/C16H21N3OS/c1-19(11-12-7-9-20-10-8-12)16-14(15(17)18-21-16)13-5-3-2-4-6-13/h2-6,12H,7-11H2,1H3,(H2,17,18). The second kappa shape index (κ2) is 6.45. The SMILES string of the molecule is CN(CC1CCOCC1)c1snc(N)c1-c1ccccc1. The minimum Gasteiger partial charge on any atom is -0.382 e. The monoisotopic (exact) mass is 303 g/mol. The summed E-state index contributed by atoms with van der Waals surface area (Å²) < 4.78 is 9.80. The molecule has 0 unspecified atom stereocenters. The lowest BCUT2D eigenvalue weighted by molar-refractivity contribution is 0.0685. The van der Waals surface area contributed by atoms with Crippen LogP contribution < -0.4 is 10.6 Å². The zero-order valence-electron chi connectivity index (χ0n) is 12.3. The zero-order chi connectivity index (χ0) is 14.7. The minimum atomic E-state index is 0.625. The van der Waals surface area contributed by atoms with Gasteiger partial charge in [0.2, 0.25) is 0 Å². The number of nitrogens with zero attached hydrogens (tertiary/aromatic N) is 2. The Labute approximate surface area is 129 Å². The molecule has 0 spiro atoms. The lowest BCUT2D eigenvalue weighted by Gasteiger charge is -2.28. The number of hydrogen-bond donors (Lipinski definition) is 1. The third-order valence-corrected chi connectivity index (χ3v) is 4.96. The molecule has 0 bridgehead atoms. The van der Waals surface area contributed by atoms with E-state index in [1.807, 2.05) is 18.2 Å². The molecule has 0 amide bonds. The minimum absolute atomic E-state index is 0.625. The van der Waals surface area contributed by atoms with Crippen molar-refractivity contribution in [2.75, 3.05) is 37.4 Å². The van der Waals surface area contributed by atoms with E-state index < -0.39 is 0 Å². The van der Waals surface area contributed by atoms with Crippen molar-refractivity contribution in [3.05, 3.63) is 30.3 Å². The molecule has 1 saturated heterocycles. The molecule has 2 N–H and O–H groups in total. The molecule has 5 heteroatoms. The highest BCUT2D eigenvalue weighted by molar-refractivity contribution is 7.11. The molecule has 0 aliphatic carbocycles. The highest BCUT2D eigenvalue weighted by atomic mass is 32.1. The smallest absolute Gasteiger partial charge is 0.147 e. The molecule has 2 aromatic rings. The molecule has 1 aliphatic heterocycles. The van der Waals surface area contributed by atoms with Gasteiger partial charge in [0.25, 0.3) is 0 Å². The van der Waals surface area contributed by atoms with Crippen molar-refractivity contribution in [2.24, 2.45) is 5.92 Å². The van der Waals surface area contributed by atoms with Crippen LogP contribution in [-0.2, 0) is 4.74 Å². The molecule has 112 valence electrons. The van der Waals surface area contributed by atoms with E-state index >= 15 is 0 Å². The first-order valence-corrected chi connectivity index (χ1v) is 8.12. The molecule has 1 aromatic carbocycles. The number of hydrogen-bond acceptors (Lipinski definition) is 5. The molecular weight excluding hydrogens is 282 g/mol. The van der Waals surface area contributed by atoms with Crippen molar-refractivity contribution >= 4 is 22.4 Å². The number of ether oxygens (including phenoxy) is 1. The molecule has 2 heterocycles. The van der Waals surface area contributed by atoms with E-state index in [2.05, 4.69) is 28.5 Å². The van der Waals surface area contributed by atoms with Crippen molar-refractivity contribution in [1.82, 2.24) is 4.37 Å². The van der Waals surface area contributed by atoms with Crippen molar-refractivity contribution in [1.29, 1.82) is 0 Å². The maximum atomic E-state index is 6.10. The number of benzene rings is 1. The van der Waals surface area contributed by atoms with Crippen molar-refractivity contribution < 1.29 is 4.74 Å². The Morgan fingerprint density at radius 1 is 1.29 bits per heavy atom. The van der Waals surface area contributed by atoms with Crippen LogP contribution in [0.4, 0.5) is 10.8 Å². The number of nitrogen functional groups attached to an aromatic ring is 1. The molecule has 1 fully saturated rings. The molecule has 0 radical (unpaired) electrons. The van der Waals surface area contributed by atoms with Gasteiger partial charge in [-0.3, -0.25) is 0 Å². The molecular formula is C16H21N3OS. The Balaban J connectivity index is 1.82. The van der Waals surface area contributed by atoms with Gasteiger partial charge >= 0.3 is 0 Å². The summed E-state index contributed by atoms with van der Waals surface area (Å²) in [4.78, 5) is 2.30. The van der Waals surface area contributed by atoms with Gasteiger partial charge < -0.3 is 15.4 Å². The predicted molar refractivity (Wildman–Crippen MR) is 88.8 cm³/mol. The van der Waals surface area contributed by atoms with Crippen molar-refractivity contribution in [3.8, 4) is 11.1 Å². The van der Waals surface area contributed by atoms with Crippen LogP contribution in [0.3, 0.4) is 0 Å². The maximum Gasteiger partial charge on any atom is 0.147 e. The zero-order valence-corrected chi connectivity index (χ0v) is 13.1. The van der Waals surface area contributed by atoms with Gasteiger partial charge in [-0.1, -0.05) is 30.3 Å². The van der Waals surface area contributed by atoms with Crippen molar-refractivity contribution in [3.63, 3.8) is 0 Å². The summed E-state index contributed by atoms with van der Waals surface area (Å²) in [6.45, 7) is 2.80. The van der Waals surface area contributed by atoms with Crippen LogP contribution >= 0.6 is 11.5 Å². The van der Waals surface area contributed by atoms with E-state index in [4.69, 9.17) is 10.5 Å². The molecule has 0 atom stereocenters. The Hall–Kier alpha value is -1.59. The molecule has 1 aliphatic rings. The van der Waals surface area contributed by atoms with E-state index in [-0.39, 0.29) is 0 Å². The van der Waals surface area contributed by atoms with E-state index in [1.165, 1.54) is 11.5 Å². The quantitative estimate of drug-likeness (QED) is 0.942. The van der Waals surface area contributed by atoms with Gasteiger partial charge in [0.15, 0.2) is 0 Å². The number of aromatic nitrogens is 1. The average Bonchev–Trinajstić information content (AvgIpc) is 2.91. The molecule has 3 rings (SSSR count). The summed E-state index contributed by atoms with van der Waals surface area (Å²) in [5.74, 6) is 1.32. The summed E-state index contributed by atoms with van der Waals surface area (Å²) in [5.41, 5.74) is 8.30. The first-order chi connectivity index (χ1) is 10.3. The first kappa shape index (κ1) is 14.4. The van der Waals surface area contributed by atoms with Crippen LogP contribution in [0.5, 0.6) is 0 Å². The topological polar surface area (TPSA) is 51.4 Å². The summed E-state index contributed by atoms with van der Waals surface area (Å²) in [5, 5.41) is 1.16. The van der Waals surface area contributed by atoms with E-state index in [1.54, 1.807) is 0 Å². The fraction of sp³-hybridized carbons (Fsp3) is 0.438. The second-order valence-corrected chi connectivity index (χ2v) is 6.30. The third kappa shape index (κ3) is 3.19. The lowest BCUT2D eigenvalue weighted by atomic mass is 9.99. The van der Waals surface area contributed by atoms with E-state index in [0.29, 0.717) is 11.7 Å². The number of anilines is 2. The Kier molecular flexibility index (Phi) is 4.41. The fourth-order valence-electron chi connectivity index (χ4n) is 2.83. The van der Waals surface area contributed by atoms with E-state index in [0.717, 1.165) is 48.7 Å². The normalized spacial score (nSPS) is 16.0. The molecule has 4 nitrogen and oxygen atoms in total. The number of rotatable bonds is 4. The van der Waals surface area contributed by atoms with Gasteiger partial charge in [-0.25, -0.2) is 0 Å². The highest BCUT2D eigenvalue weighted by Crippen LogP contribution is 2.39. The van der Waals surface area contributed by atoms with E-state index in [9.17, 15) is 0 Å². The third-order valence-electron chi connectivity index (χ3n) is 3.98. The van der Waals surface area contributed by atoms with Gasteiger partial charge in [-0.2, -0.15) is 4.37 Å². The van der Waals surface area contributed by atoms with Crippen LogP contribution in [-0.4, -0.2) is 31.2 Å². The van der Waals surface area contributed by atoms with Crippen LogP contribution in [0.15, 0.2) is 30.3 Å².